The molecule has 0 saturated carbocycles. The standard InChI is InChI=1S/C10H12FNO3/c1-2-15-6-3-4-7(8(11)5-6)9(12)10(13)14/h3-5,9H,2,12H2,1H3,(H,13,14). The van der Waals surface area contributed by atoms with Crippen molar-refractivity contribution in [3.63, 3.8) is 0 Å². The molecule has 0 radical (unpaired) electrons. The summed E-state index contributed by atoms with van der Waals surface area (Å²) in [5, 5.41) is 8.61. The average molecular weight is 213 g/mol. The van der Waals surface area contributed by atoms with Gasteiger partial charge in [0.25, 0.3) is 0 Å². The molecule has 3 N–H and O–H groups in total. The molecule has 0 saturated heterocycles. The Hall–Kier alpha value is -1.62. The van der Waals surface area contributed by atoms with E-state index in [1.54, 1.807) is 6.92 Å². The molecule has 0 amide bonds. The smallest absolute Gasteiger partial charge is 0.325 e. The predicted molar refractivity (Wildman–Crippen MR) is 52.1 cm³/mol. The maximum Gasteiger partial charge on any atom is 0.325 e. The fraction of sp³-hybridized carbons (Fsp3) is 0.300. The minimum Gasteiger partial charge on any atom is -0.494 e. The highest BCUT2D eigenvalue weighted by molar-refractivity contribution is 5.75. The normalized spacial score (nSPS) is 12.2. The quantitative estimate of drug-likeness (QED) is 0.790. The third kappa shape index (κ3) is 2.66. The second kappa shape index (κ2) is 4.75. The number of ether oxygens (including phenoxy) is 1. The van der Waals surface area contributed by atoms with E-state index in [0.29, 0.717) is 12.4 Å². The van der Waals surface area contributed by atoms with Crippen LogP contribution in [0.15, 0.2) is 18.2 Å². The third-order valence-electron chi connectivity index (χ3n) is 1.88. The van der Waals surface area contributed by atoms with Crippen LogP contribution in [0.5, 0.6) is 5.75 Å². The lowest BCUT2D eigenvalue weighted by Crippen LogP contribution is -2.21. The topological polar surface area (TPSA) is 72.5 Å². The van der Waals surface area contributed by atoms with Gasteiger partial charge in [-0.3, -0.25) is 4.79 Å². The van der Waals surface area contributed by atoms with Crippen LogP contribution in [0.1, 0.15) is 18.5 Å². The minimum absolute atomic E-state index is 0.0500. The second-order valence-corrected chi connectivity index (χ2v) is 2.93. The third-order valence-corrected chi connectivity index (χ3v) is 1.88. The molecule has 0 spiro atoms. The van der Waals surface area contributed by atoms with Crippen molar-refractivity contribution in [3.05, 3.63) is 29.6 Å². The van der Waals surface area contributed by atoms with Crippen molar-refractivity contribution in [2.24, 2.45) is 5.73 Å². The maximum absolute atomic E-state index is 13.4. The molecule has 1 aromatic rings. The lowest BCUT2D eigenvalue weighted by Gasteiger charge is -2.09. The zero-order valence-electron chi connectivity index (χ0n) is 8.24. The summed E-state index contributed by atoms with van der Waals surface area (Å²) in [6, 6.07) is 2.59. The molecule has 0 aliphatic rings. The molecule has 15 heavy (non-hydrogen) atoms. The van der Waals surface area contributed by atoms with Crippen LogP contribution in [0.2, 0.25) is 0 Å². The number of hydrogen-bond acceptors (Lipinski definition) is 3. The van der Waals surface area contributed by atoms with Crippen molar-refractivity contribution in [3.8, 4) is 5.75 Å². The molecule has 0 aliphatic heterocycles. The largest absolute Gasteiger partial charge is 0.494 e. The second-order valence-electron chi connectivity index (χ2n) is 2.93. The van der Waals surface area contributed by atoms with Gasteiger partial charge in [-0.2, -0.15) is 0 Å². The summed E-state index contributed by atoms with van der Waals surface area (Å²) in [5.74, 6) is -1.58. The summed E-state index contributed by atoms with van der Waals surface area (Å²) in [4.78, 5) is 10.5. The molecule has 1 unspecified atom stereocenters. The van der Waals surface area contributed by atoms with Gasteiger partial charge in [0.1, 0.15) is 17.6 Å². The first kappa shape index (κ1) is 11.5. The van der Waals surface area contributed by atoms with Crippen molar-refractivity contribution in [2.45, 2.75) is 13.0 Å². The predicted octanol–water partition coefficient (Wildman–Crippen LogP) is 1.31. The van der Waals surface area contributed by atoms with Gasteiger partial charge in [-0.15, -0.1) is 0 Å². The van der Waals surface area contributed by atoms with Gasteiger partial charge in [0, 0.05) is 11.6 Å². The number of hydrogen-bond donors (Lipinski definition) is 2. The fourth-order valence-electron chi connectivity index (χ4n) is 1.15. The first-order valence-corrected chi connectivity index (χ1v) is 4.47. The summed E-state index contributed by atoms with van der Waals surface area (Å²) < 4.78 is 18.4. The molecule has 0 aromatic heterocycles. The zero-order valence-corrected chi connectivity index (χ0v) is 8.24. The van der Waals surface area contributed by atoms with Crippen molar-refractivity contribution >= 4 is 5.97 Å². The fourth-order valence-corrected chi connectivity index (χ4v) is 1.15. The van der Waals surface area contributed by atoms with Crippen LogP contribution in [-0.2, 0) is 4.79 Å². The SMILES string of the molecule is CCOc1ccc(C(N)C(=O)O)c(F)c1. The highest BCUT2D eigenvalue weighted by Crippen LogP contribution is 2.20. The van der Waals surface area contributed by atoms with E-state index in [-0.39, 0.29) is 5.56 Å². The lowest BCUT2D eigenvalue weighted by molar-refractivity contribution is -0.138. The molecule has 1 atom stereocenters. The van der Waals surface area contributed by atoms with Crippen LogP contribution < -0.4 is 10.5 Å². The number of aliphatic carboxylic acids is 1. The molecule has 1 rings (SSSR count). The lowest BCUT2D eigenvalue weighted by atomic mass is 10.1. The van der Waals surface area contributed by atoms with Crippen molar-refractivity contribution in [2.75, 3.05) is 6.61 Å². The number of carboxylic acids is 1. The Kier molecular flexibility index (Phi) is 3.62. The van der Waals surface area contributed by atoms with Gasteiger partial charge in [-0.05, 0) is 13.0 Å². The van der Waals surface area contributed by atoms with Gasteiger partial charge >= 0.3 is 5.97 Å². The van der Waals surface area contributed by atoms with Gasteiger partial charge in [0.05, 0.1) is 6.61 Å². The molecule has 1 aromatic carbocycles. The molecule has 4 nitrogen and oxygen atoms in total. The monoisotopic (exact) mass is 213 g/mol. The first-order chi connectivity index (χ1) is 7.06. The van der Waals surface area contributed by atoms with E-state index < -0.39 is 17.8 Å². The number of halogens is 1. The van der Waals surface area contributed by atoms with Gasteiger partial charge in [-0.1, -0.05) is 6.07 Å². The highest BCUT2D eigenvalue weighted by Gasteiger charge is 2.18. The van der Waals surface area contributed by atoms with E-state index in [0.717, 1.165) is 6.07 Å². The molecule has 0 bridgehead atoms. The molecular formula is C10H12FNO3. The Morgan fingerprint density at radius 2 is 2.33 bits per heavy atom. The molecule has 5 heteroatoms. The van der Waals surface area contributed by atoms with Gasteiger partial charge in [-0.25, -0.2) is 4.39 Å². The van der Waals surface area contributed by atoms with E-state index >= 15 is 0 Å². The number of benzene rings is 1. The summed E-state index contributed by atoms with van der Waals surface area (Å²) in [6.07, 6.45) is 0. The Balaban J connectivity index is 2.97. The summed E-state index contributed by atoms with van der Waals surface area (Å²) >= 11 is 0. The molecule has 0 fully saturated rings. The first-order valence-electron chi connectivity index (χ1n) is 4.47. The van der Waals surface area contributed by atoms with E-state index in [4.69, 9.17) is 15.6 Å². The Bertz CT molecular complexity index is 368. The van der Waals surface area contributed by atoms with Crippen LogP contribution in [0, 0.1) is 5.82 Å². The van der Waals surface area contributed by atoms with Crippen molar-refractivity contribution < 1.29 is 19.0 Å². The van der Waals surface area contributed by atoms with E-state index in [1.165, 1.54) is 12.1 Å². The van der Waals surface area contributed by atoms with Crippen LogP contribution in [-0.4, -0.2) is 17.7 Å². The molecule has 0 heterocycles. The highest BCUT2D eigenvalue weighted by atomic mass is 19.1. The maximum atomic E-state index is 13.4. The number of carboxylic acid groups (broad SMARTS) is 1. The Morgan fingerprint density at radius 3 is 2.80 bits per heavy atom. The van der Waals surface area contributed by atoms with Crippen LogP contribution in [0.4, 0.5) is 4.39 Å². The summed E-state index contributed by atoms with van der Waals surface area (Å²) in [6.45, 7) is 2.19. The van der Waals surface area contributed by atoms with Crippen molar-refractivity contribution in [1.82, 2.24) is 0 Å². The molecular weight excluding hydrogens is 201 g/mol. The number of nitrogens with two attached hydrogens (primary N) is 1. The minimum atomic E-state index is -1.35. The van der Waals surface area contributed by atoms with Crippen LogP contribution in [0.25, 0.3) is 0 Å². The van der Waals surface area contributed by atoms with E-state index in [2.05, 4.69) is 0 Å². The van der Waals surface area contributed by atoms with Gasteiger partial charge in [0.15, 0.2) is 0 Å². The Labute approximate surface area is 86.5 Å². The van der Waals surface area contributed by atoms with E-state index in [1.807, 2.05) is 0 Å². The number of rotatable bonds is 4. The van der Waals surface area contributed by atoms with E-state index in [9.17, 15) is 9.18 Å². The Morgan fingerprint density at radius 1 is 1.67 bits per heavy atom. The summed E-state index contributed by atoms with van der Waals surface area (Å²) in [5.41, 5.74) is 5.23. The van der Waals surface area contributed by atoms with Crippen LogP contribution in [0.3, 0.4) is 0 Å². The summed E-state index contributed by atoms with van der Waals surface area (Å²) in [7, 11) is 0. The molecule has 0 aliphatic carbocycles. The van der Waals surface area contributed by atoms with Crippen molar-refractivity contribution in [1.29, 1.82) is 0 Å². The number of carbonyl (C=O) groups is 1. The zero-order chi connectivity index (χ0) is 11.4. The van der Waals surface area contributed by atoms with Gasteiger partial charge < -0.3 is 15.6 Å². The molecule has 82 valence electrons. The van der Waals surface area contributed by atoms with Crippen LogP contribution >= 0.6 is 0 Å². The van der Waals surface area contributed by atoms with Gasteiger partial charge in [0.2, 0.25) is 0 Å². The average Bonchev–Trinajstić information content (AvgIpc) is 2.17.